The van der Waals surface area contributed by atoms with Crippen LogP contribution in [0, 0.1) is 11.3 Å². The molecule has 2 heterocycles. The van der Waals surface area contributed by atoms with Crippen LogP contribution in [0.25, 0.3) is 23.0 Å². The van der Waals surface area contributed by atoms with Gasteiger partial charge in [0, 0.05) is 36.3 Å². The molecule has 0 aliphatic heterocycles. The Kier molecular flexibility index (Phi) is 7.66. The molecule has 2 aromatic carbocycles. The zero-order valence-corrected chi connectivity index (χ0v) is 19.4. The second-order valence-electron chi connectivity index (χ2n) is 7.80. The largest absolute Gasteiger partial charge is 0.494 e. The Labute approximate surface area is 204 Å². The molecule has 7 heteroatoms. The number of hydrogen-bond donors (Lipinski definition) is 1. The Bertz CT molecular complexity index is 1340. The van der Waals surface area contributed by atoms with Crippen molar-refractivity contribution in [2.24, 2.45) is 0 Å². The molecule has 4 rings (SSSR count). The third kappa shape index (κ3) is 6.01. The molecule has 7 nitrogen and oxygen atoms in total. The molecule has 174 valence electrons. The minimum atomic E-state index is -0.460. The minimum Gasteiger partial charge on any atom is -0.494 e. The minimum absolute atomic E-state index is 0.00866. The van der Waals surface area contributed by atoms with Crippen LogP contribution in [-0.4, -0.2) is 27.3 Å². The van der Waals surface area contributed by atoms with Crippen LogP contribution in [0.4, 0.5) is 0 Å². The lowest BCUT2D eigenvalue weighted by Crippen LogP contribution is -2.24. The van der Waals surface area contributed by atoms with E-state index in [-0.39, 0.29) is 12.1 Å². The summed E-state index contributed by atoms with van der Waals surface area (Å²) in [7, 11) is 0. The highest BCUT2D eigenvalue weighted by molar-refractivity contribution is 6.02. The quantitative estimate of drug-likeness (QED) is 0.280. The van der Waals surface area contributed by atoms with Gasteiger partial charge in [-0.3, -0.25) is 9.78 Å². The molecule has 0 aliphatic carbocycles. The van der Waals surface area contributed by atoms with Gasteiger partial charge in [0.15, 0.2) is 0 Å². The van der Waals surface area contributed by atoms with Crippen molar-refractivity contribution >= 4 is 12.0 Å². The highest BCUT2D eigenvalue weighted by atomic mass is 16.5. The van der Waals surface area contributed by atoms with Crippen LogP contribution < -0.4 is 10.1 Å². The lowest BCUT2D eigenvalue weighted by atomic mass is 10.1. The van der Waals surface area contributed by atoms with E-state index in [0.717, 1.165) is 29.0 Å². The molecule has 0 radical (unpaired) electrons. The number of aromatic nitrogens is 3. The average Bonchev–Trinajstić information content (AvgIpc) is 3.34. The van der Waals surface area contributed by atoms with Crippen molar-refractivity contribution < 1.29 is 9.53 Å². The van der Waals surface area contributed by atoms with E-state index in [1.165, 1.54) is 0 Å². The fourth-order valence-corrected chi connectivity index (χ4v) is 3.44. The first-order valence-corrected chi connectivity index (χ1v) is 11.3. The second-order valence-corrected chi connectivity index (χ2v) is 7.80. The summed E-state index contributed by atoms with van der Waals surface area (Å²) in [5, 5.41) is 17.3. The van der Waals surface area contributed by atoms with Gasteiger partial charge in [0.05, 0.1) is 18.0 Å². The lowest BCUT2D eigenvalue weighted by Gasteiger charge is -2.06. The van der Waals surface area contributed by atoms with E-state index >= 15 is 0 Å². The van der Waals surface area contributed by atoms with Crippen LogP contribution in [0.15, 0.2) is 90.9 Å². The summed E-state index contributed by atoms with van der Waals surface area (Å²) in [6.07, 6.45) is 7.66. The first kappa shape index (κ1) is 23.5. The molecule has 1 amide bonds. The number of carbonyl (C=O) groups is 1. The number of nitrogens with zero attached hydrogens (tertiary/aromatic N) is 4. The molecular formula is C28H25N5O2. The number of rotatable bonds is 9. The maximum absolute atomic E-state index is 12.8. The van der Waals surface area contributed by atoms with Crippen molar-refractivity contribution in [2.75, 3.05) is 6.61 Å². The van der Waals surface area contributed by atoms with Crippen LogP contribution in [0.5, 0.6) is 5.75 Å². The Morgan fingerprint density at radius 2 is 1.91 bits per heavy atom. The van der Waals surface area contributed by atoms with Gasteiger partial charge < -0.3 is 10.1 Å². The molecule has 2 aromatic heterocycles. The number of para-hydroxylation sites is 1. The van der Waals surface area contributed by atoms with Gasteiger partial charge >= 0.3 is 0 Å². The fourth-order valence-electron chi connectivity index (χ4n) is 3.44. The Balaban J connectivity index is 1.66. The first-order valence-electron chi connectivity index (χ1n) is 11.3. The first-order chi connectivity index (χ1) is 17.2. The molecule has 0 spiro atoms. The van der Waals surface area contributed by atoms with Gasteiger partial charge in [-0.1, -0.05) is 31.2 Å². The van der Waals surface area contributed by atoms with E-state index in [2.05, 4.69) is 17.2 Å². The molecule has 0 aliphatic rings. The van der Waals surface area contributed by atoms with Gasteiger partial charge in [0.2, 0.25) is 0 Å². The van der Waals surface area contributed by atoms with Crippen molar-refractivity contribution in [3.8, 4) is 28.8 Å². The van der Waals surface area contributed by atoms with Gasteiger partial charge in [-0.25, -0.2) is 4.68 Å². The molecule has 0 saturated heterocycles. The highest BCUT2D eigenvalue weighted by Gasteiger charge is 2.15. The van der Waals surface area contributed by atoms with Crippen molar-refractivity contribution in [1.82, 2.24) is 20.1 Å². The molecule has 0 fully saturated rings. The Hall–Kier alpha value is -4.70. The fraction of sp³-hybridized carbons (Fsp3) is 0.143. The molecule has 1 N–H and O–H groups in total. The SMILES string of the molecule is CCCOc1ccc(-c2nn(-c3ccccc3)cc2/C=C(\C#N)C(=O)NCc2cccnc2)cc1. The van der Waals surface area contributed by atoms with Gasteiger partial charge in [-0.15, -0.1) is 0 Å². The summed E-state index contributed by atoms with van der Waals surface area (Å²) in [5.41, 5.74) is 3.87. The van der Waals surface area contributed by atoms with Crippen LogP contribution in [0.2, 0.25) is 0 Å². The number of ether oxygens (including phenoxy) is 1. The summed E-state index contributed by atoms with van der Waals surface area (Å²) in [4.78, 5) is 16.8. The number of amides is 1. The van der Waals surface area contributed by atoms with Crippen LogP contribution >= 0.6 is 0 Å². The maximum atomic E-state index is 12.8. The average molecular weight is 464 g/mol. The third-order valence-corrected chi connectivity index (χ3v) is 5.20. The summed E-state index contributed by atoms with van der Waals surface area (Å²) in [6, 6.07) is 23.0. The lowest BCUT2D eigenvalue weighted by molar-refractivity contribution is -0.117. The van der Waals surface area contributed by atoms with Crippen molar-refractivity contribution in [3.63, 3.8) is 0 Å². The van der Waals surface area contributed by atoms with E-state index in [0.29, 0.717) is 17.9 Å². The Morgan fingerprint density at radius 1 is 1.11 bits per heavy atom. The number of hydrogen-bond acceptors (Lipinski definition) is 5. The van der Waals surface area contributed by atoms with Gasteiger partial charge in [-0.05, 0) is 60.5 Å². The molecule has 35 heavy (non-hydrogen) atoms. The zero-order valence-electron chi connectivity index (χ0n) is 19.4. The van der Waals surface area contributed by atoms with E-state index in [9.17, 15) is 10.1 Å². The number of nitriles is 1. The van der Waals surface area contributed by atoms with Crippen LogP contribution in [-0.2, 0) is 11.3 Å². The van der Waals surface area contributed by atoms with Gasteiger partial charge in [-0.2, -0.15) is 10.4 Å². The van der Waals surface area contributed by atoms with Crippen LogP contribution in [0.1, 0.15) is 24.5 Å². The van der Waals surface area contributed by atoms with Crippen molar-refractivity contribution in [2.45, 2.75) is 19.9 Å². The van der Waals surface area contributed by atoms with E-state index in [4.69, 9.17) is 9.84 Å². The monoisotopic (exact) mass is 463 g/mol. The summed E-state index contributed by atoms with van der Waals surface area (Å²) in [6.45, 7) is 2.99. The molecule has 0 bridgehead atoms. The van der Waals surface area contributed by atoms with Crippen molar-refractivity contribution in [3.05, 3.63) is 102 Å². The molecule has 4 aromatic rings. The predicted molar refractivity (Wildman–Crippen MR) is 134 cm³/mol. The number of benzene rings is 2. The molecule has 0 unspecified atom stereocenters. The zero-order chi connectivity index (χ0) is 24.5. The van der Waals surface area contributed by atoms with Gasteiger partial charge in [0.25, 0.3) is 5.91 Å². The van der Waals surface area contributed by atoms with Crippen LogP contribution in [0.3, 0.4) is 0 Å². The van der Waals surface area contributed by atoms with Crippen molar-refractivity contribution in [1.29, 1.82) is 5.26 Å². The summed E-state index contributed by atoms with van der Waals surface area (Å²) in [5.74, 6) is 0.320. The smallest absolute Gasteiger partial charge is 0.262 e. The number of nitrogens with one attached hydrogen (secondary N) is 1. The standard InChI is InChI=1S/C28H25N5O2/c1-2-15-35-26-12-10-22(11-13-26)27-24(20-33(32-27)25-8-4-3-5-9-25)16-23(17-29)28(34)31-19-21-7-6-14-30-18-21/h3-14,16,18,20H,2,15,19H2,1H3,(H,31,34)/b23-16+. The summed E-state index contributed by atoms with van der Waals surface area (Å²) < 4.78 is 7.43. The molecule has 0 atom stereocenters. The third-order valence-electron chi connectivity index (χ3n) is 5.20. The summed E-state index contributed by atoms with van der Waals surface area (Å²) >= 11 is 0. The second kappa shape index (κ2) is 11.4. The van der Waals surface area contributed by atoms with E-state index in [1.54, 1.807) is 29.2 Å². The number of carbonyl (C=O) groups excluding carboxylic acids is 1. The Morgan fingerprint density at radius 3 is 2.60 bits per heavy atom. The van der Waals surface area contributed by atoms with E-state index in [1.807, 2.05) is 72.9 Å². The topological polar surface area (TPSA) is 92.8 Å². The predicted octanol–water partition coefficient (Wildman–Crippen LogP) is 4.95. The van der Waals surface area contributed by atoms with E-state index < -0.39 is 5.91 Å². The maximum Gasteiger partial charge on any atom is 0.262 e. The highest BCUT2D eigenvalue weighted by Crippen LogP contribution is 2.27. The molecule has 0 saturated carbocycles. The normalized spacial score (nSPS) is 11.0. The number of pyridine rings is 1. The van der Waals surface area contributed by atoms with Gasteiger partial charge in [0.1, 0.15) is 17.4 Å². The molecular weight excluding hydrogens is 438 g/mol.